The number of ether oxygens (including phenoxy) is 12. The molecule has 52 heavy (non-hydrogen) atoms. The lowest BCUT2D eigenvalue weighted by atomic mass is 10.2. The van der Waals surface area contributed by atoms with Crippen LogP contribution < -0.4 is 10.1 Å². The quantitative estimate of drug-likeness (QED) is 0.101. The van der Waals surface area contributed by atoms with Gasteiger partial charge in [0.15, 0.2) is 0 Å². The molecule has 0 fully saturated rings. The number of benzene rings is 1. The summed E-state index contributed by atoms with van der Waals surface area (Å²) in [7, 11) is 1.68. The van der Waals surface area contributed by atoms with Crippen LogP contribution in [0.1, 0.15) is 27.7 Å². The number of nitrogens with zero attached hydrogens (tertiary/aromatic N) is 1. The summed E-state index contributed by atoms with van der Waals surface area (Å²) in [4.78, 5) is 24.4. The summed E-state index contributed by atoms with van der Waals surface area (Å²) in [6.45, 7) is 17.3. The summed E-state index contributed by atoms with van der Waals surface area (Å²) >= 11 is 0. The van der Waals surface area contributed by atoms with Gasteiger partial charge < -0.3 is 67.1 Å². The average Bonchev–Trinajstić information content (AvgIpc) is 3.10. The summed E-state index contributed by atoms with van der Waals surface area (Å²) < 4.78 is 65.7. The maximum atomic E-state index is 11.9. The molecule has 302 valence electrons. The van der Waals surface area contributed by atoms with Crippen LogP contribution in [0.3, 0.4) is 0 Å². The van der Waals surface area contributed by atoms with Gasteiger partial charge in [-0.2, -0.15) is 0 Å². The molecular formula is C36H64N2O14. The first-order valence-corrected chi connectivity index (χ1v) is 17.9. The maximum Gasteiger partial charge on any atom is 0.410 e. The van der Waals surface area contributed by atoms with Crippen LogP contribution >= 0.6 is 0 Å². The van der Waals surface area contributed by atoms with Gasteiger partial charge in [0, 0.05) is 26.2 Å². The van der Waals surface area contributed by atoms with Gasteiger partial charge in [-0.15, -0.1) is 0 Å². The molecule has 0 radical (unpaired) electrons. The monoisotopic (exact) mass is 748 g/mol. The van der Waals surface area contributed by atoms with E-state index in [0.29, 0.717) is 151 Å². The van der Waals surface area contributed by atoms with Gasteiger partial charge in [0.05, 0.1) is 132 Å². The summed E-state index contributed by atoms with van der Waals surface area (Å²) in [5.41, 5.74) is 0.214. The van der Waals surface area contributed by atoms with E-state index < -0.39 is 5.60 Å². The van der Waals surface area contributed by atoms with Crippen molar-refractivity contribution in [3.8, 4) is 5.75 Å². The predicted molar refractivity (Wildman–Crippen MR) is 193 cm³/mol. The fourth-order valence-corrected chi connectivity index (χ4v) is 3.77. The number of likely N-dealkylation sites (N-methyl/N-ethyl adjacent to an activating group) is 1. The molecule has 0 heterocycles. The third-order valence-electron chi connectivity index (χ3n) is 6.30. The standard InChI is InChI=1S/C36H64N2O14/c1-32(39)37-33-6-8-34(9-7-33)51-31-30-50-29-28-49-27-26-48-25-24-47-23-22-46-21-20-45-19-18-44-17-16-43-15-14-42-13-12-41-11-10-38(5)35(40)52-36(2,3)4/h6-9H,10-31H2,1-5H3,(H,37,39). The predicted octanol–water partition coefficient (Wildman–Crippen LogP) is 3.06. The molecule has 0 aliphatic heterocycles. The highest BCUT2D eigenvalue weighted by molar-refractivity contribution is 5.88. The number of carbonyl (C=O) groups is 2. The first kappa shape index (κ1) is 47.4. The van der Waals surface area contributed by atoms with Crippen molar-refractivity contribution < 1.29 is 66.4 Å². The fourth-order valence-electron chi connectivity index (χ4n) is 3.77. The van der Waals surface area contributed by atoms with E-state index in [2.05, 4.69) is 5.32 Å². The van der Waals surface area contributed by atoms with E-state index in [1.54, 1.807) is 31.3 Å². The molecule has 16 heteroatoms. The van der Waals surface area contributed by atoms with Gasteiger partial charge in [-0.3, -0.25) is 4.79 Å². The minimum atomic E-state index is -0.514. The maximum absolute atomic E-state index is 11.9. The van der Waals surface area contributed by atoms with Gasteiger partial charge in [-0.25, -0.2) is 4.79 Å². The summed E-state index contributed by atoms with van der Waals surface area (Å²) in [5.74, 6) is 0.601. The number of rotatable bonds is 35. The summed E-state index contributed by atoms with van der Waals surface area (Å²) in [5, 5.41) is 2.71. The summed E-state index contributed by atoms with van der Waals surface area (Å²) in [6, 6.07) is 7.17. The Bertz CT molecular complexity index is 981. The van der Waals surface area contributed by atoms with Crippen molar-refractivity contribution in [2.75, 3.05) is 158 Å². The minimum Gasteiger partial charge on any atom is -0.491 e. The van der Waals surface area contributed by atoms with E-state index in [0.717, 1.165) is 5.69 Å². The lowest BCUT2D eigenvalue weighted by Crippen LogP contribution is -2.36. The lowest BCUT2D eigenvalue weighted by Gasteiger charge is -2.24. The third kappa shape index (κ3) is 32.0. The molecule has 1 N–H and O–H groups in total. The molecular weight excluding hydrogens is 684 g/mol. The van der Waals surface area contributed by atoms with E-state index in [1.165, 1.54) is 11.8 Å². The number of anilines is 1. The number of hydrogen-bond donors (Lipinski definition) is 1. The van der Waals surface area contributed by atoms with Crippen molar-refractivity contribution in [1.29, 1.82) is 0 Å². The van der Waals surface area contributed by atoms with Crippen molar-refractivity contribution in [1.82, 2.24) is 4.90 Å². The van der Waals surface area contributed by atoms with Crippen LogP contribution in [-0.2, 0) is 56.9 Å². The Kier molecular flexibility index (Phi) is 30.0. The first-order chi connectivity index (χ1) is 25.2. The Balaban J connectivity index is 1.68. The molecule has 0 aliphatic rings. The van der Waals surface area contributed by atoms with E-state index in [-0.39, 0.29) is 12.0 Å². The van der Waals surface area contributed by atoms with Gasteiger partial charge in [0.2, 0.25) is 5.91 Å². The van der Waals surface area contributed by atoms with Gasteiger partial charge in [0.1, 0.15) is 18.0 Å². The van der Waals surface area contributed by atoms with E-state index >= 15 is 0 Å². The normalized spacial score (nSPS) is 11.5. The number of hydrogen-bond acceptors (Lipinski definition) is 14. The molecule has 2 amide bonds. The van der Waals surface area contributed by atoms with Crippen molar-refractivity contribution in [2.45, 2.75) is 33.3 Å². The van der Waals surface area contributed by atoms with Crippen LogP contribution in [0.4, 0.5) is 10.5 Å². The molecule has 0 atom stereocenters. The Hall–Kier alpha value is -2.64. The second kappa shape index (κ2) is 33.0. The SMILES string of the molecule is CC(=O)Nc1ccc(OCCOCCOCCOCCOCCOCCOCCOCCOCCOCCOCCN(C)C(=O)OC(C)(C)C)cc1. The minimum absolute atomic E-state index is 0.111. The van der Waals surface area contributed by atoms with Crippen LogP contribution in [0.25, 0.3) is 0 Å². The van der Waals surface area contributed by atoms with E-state index in [4.69, 9.17) is 56.8 Å². The number of carbonyl (C=O) groups excluding carboxylic acids is 2. The molecule has 1 rings (SSSR count). The van der Waals surface area contributed by atoms with E-state index in [1.807, 2.05) is 20.8 Å². The van der Waals surface area contributed by atoms with Crippen LogP contribution in [0.15, 0.2) is 24.3 Å². The van der Waals surface area contributed by atoms with E-state index in [9.17, 15) is 9.59 Å². The highest BCUT2D eigenvalue weighted by Crippen LogP contribution is 2.15. The van der Waals surface area contributed by atoms with Crippen molar-refractivity contribution in [2.24, 2.45) is 0 Å². The molecule has 0 unspecified atom stereocenters. The molecule has 0 saturated carbocycles. The second-order valence-electron chi connectivity index (χ2n) is 12.1. The zero-order valence-corrected chi connectivity index (χ0v) is 32.0. The molecule has 0 spiro atoms. The zero-order chi connectivity index (χ0) is 38.0. The first-order valence-electron chi connectivity index (χ1n) is 17.9. The van der Waals surface area contributed by atoms with Crippen molar-refractivity contribution >= 4 is 17.7 Å². The Morgan fingerprint density at radius 1 is 0.519 bits per heavy atom. The Labute approximate surface area is 309 Å². The third-order valence-corrected chi connectivity index (χ3v) is 6.30. The topological polar surface area (TPSA) is 160 Å². The smallest absolute Gasteiger partial charge is 0.410 e. The van der Waals surface area contributed by atoms with Gasteiger partial charge in [-0.05, 0) is 45.0 Å². The second-order valence-corrected chi connectivity index (χ2v) is 12.1. The van der Waals surface area contributed by atoms with Crippen LogP contribution in [0.2, 0.25) is 0 Å². The van der Waals surface area contributed by atoms with Crippen molar-refractivity contribution in [3.05, 3.63) is 24.3 Å². The van der Waals surface area contributed by atoms with Gasteiger partial charge in [-0.1, -0.05) is 0 Å². The zero-order valence-electron chi connectivity index (χ0n) is 32.0. The molecule has 0 aromatic heterocycles. The molecule has 0 bridgehead atoms. The van der Waals surface area contributed by atoms with Crippen LogP contribution in [0, 0.1) is 0 Å². The Morgan fingerprint density at radius 2 is 0.827 bits per heavy atom. The molecule has 16 nitrogen and oxygen atoms in total. The number of amides is 2. The molecule has 0 aliphatic carbocycles. The lowest BCUT2D eigenvalue weighted by molar-refractivity contribution is -0.114. The number of nitrogens with one attached hydrogen (secondary N) is 1. The molecule has 1 aromatic rings. The largest absolute Gasteiger partial charge is 0.491 e. The molecule has 1 aromatic carbocycles. The Morgan fingerprint density at radius 3 is 1.13 bits per heavy atom. The van der Waals surface area contributed by atoms with Crippen LogP contribution in [-0.4, -0.2) is 175 Å². The fraction of sp³-hybridized carbons (Fsp3) is 0.778. The summed E-state index contributed by atoms with van der Waals surface area (Å²) in [6.07, 6.45) is -0.368. The highest BCUT2D eigenvalue weighted by Gasteiger charge is 2.19. The average molecular weight is 749 g/mol. The molecule has 0 saturated heterocycles. The highest BCUT2D eigenvalue weighted by atomic mass is 16.6. The van der Waals surface area contributed by atoms with Crippen molar-refractivity contribution in [3.63, 3.8) is 0 Å². The van der Waals surface area contributed by atoms with Crippen LogP contribution in [0.5, 0.6) is 5.75 Å². The van der Waals surface area contributed by atoms with Gasteiger partial charge >= 0.3 is 6.09 Å². The van der Waals surface area contributed by atoms with Gasteiger partial charge in [0.25, 0.3) is 0 Å².